The Morgan fingerprint density at radius 3 is 2.58 bits per heavy atom. The highest BCUT2D eigenvalue weighted by Gasteiger charge is 2.10. The van der Waals surface area contributed by atoms with Crippen molar-refractivity contribution in [1.29, 1.82) is 5.26 Å². The minimum absolute atomic E-state index is 0.128. The Labute approximate surface area is 141 Å². The van der Waals surface area contributed by atoms with Crippen LogP contribution in [0.5, 0.6) is 0 Å². The molecule has 2 rings (SSSR count). The molecule has 0 N–H and O–H groups in total. The fourth-order valence-electron chi connectivity index (χ4n) is 2.77. The second-order valence-corrected chi connectivity index (χ2v) is 5.79. The molecular formula is C18H22N4O2. The maximum atomic E-state index is 12.4. The third-order valence-electron chi connectivity index (χ3n) is 4.12. The third kappa shape index (κ3) is 3.31. The van der Waals surface area contributed by atoms with Gasteiger partial charge in [0.05, 0.1) is 12.8 Å². The maximum Gasteiger partial charge on any atom is 0.289 e. The fraction of sp³-hybridized carbons (Fsp3) is 0.389. The van der Waals surface area contributed by atoms with Crippen molar-refractivity contribution in [2.24, 2.45) is 5.10 Å². The van der Waals surface area contributed by atoms with Crippen molar-refractivity contribution < 1.29 is 4.74 Å². The van der Waals surface area contributed by atoms with E-state index in [1.807, 2.05) is 26.0 Å². The van der Waals surface area contributed by atoms with Crippen molar-refractivity contribution in [2.45, 2.75) is 34.2 Å². The number of nitrogens with zero attached hydrogens (tertiary/aromatic N) is 4. The third-order valence-corrected chi connectivity index (χ3v) is 4.12. The van der Waals surface area contributed by atoms with Crippen LogP contribution in [0.2, 0.25) is 0 Å². The lowest BCUT2D eigenvalue weighted by Gasteiger charge is -2.08. The highest BCUT2D eigenvalue weighted by molar-refractivity contribution is 5.81. The number of pyridine rings is 1. The van der Waals surface area contributed by atoms with Crippen LogP contribution in [0.4, 0.5) is 0 Å². The molecule has 0 unspecified atom stereocenters. The van der Waals surface area contributed by atoms with Gasteiger partial charge in [-0.25, -0.2) is 4.68 Å². The Bertz CT molecular complexity index is 882. The summed E-state index contributed by atoms with van der Waals surface area (Å²) in [5.41, 5.74) is 4.21. The molecule has 0 aliphatic heterocycles. The normalized spacial score (nSPS) is 11.2. The zero-order valence-electron chi connectivity index (χ0n) is 14.8. The first kappa shape index (κ1) is 17.7. The van der Waals surface area contributed by atoms with E-state index in [0.717, 1.165) is 23.5 Å². The van der Waals surface area contributed by atoms with Gasteiger partial charge in [0.25, 0.3) is 5.56 Å². The second-order valence-electron chi connectivity index (χ2n) is 5.79. The summed E-state index contributed by atoms with van der Waals surface area (Å²) in [6.45, 7) is 8.99. The van der Waals surface area contributed by atoms with Gasteiger partial charge >= 0.3 is 0 Å². The smallest absolute Gasteiger partial charge is 0.289 e. The minimum atomic E-state index is -0.389. The van der Waals surface area contributed by atoms with E-state index in [0.29, 0.717) is 17.9 Å². The van der Waals surface area contributed by atoms with Crippen LogP contribution < -0.4 is 5.56 Å². The molecule has 24 heavy (non-hydrogen) atoms. The Hall–Kier alpha value is -2.65. The van der Waals surface area contributed by atoms with Gasteiger partial charge < -0.3 is 9.30 Å². The summed E-state index contributed by atoms with van der Waals surface area (Å²) in [5.74, 6) is 0. The Morgan fingerprint density at radius 2 is 1.96 bits per heavy atom. The Morgan fingerprint density at radius 1 is 1.25 bits per heavy atom. The monoisotopic (exact) mass is 326 g/mol. The van der Waals surface area contributed by atoms with Gasteiger partial charge in [-0.05, 0) is 45.4 Å². The number of aromatic nitrogens is 2. The van der Waals surface area contributed by atoms with Crippen LogP contribution in [0, 0.1) is 39.0 Å². The molecule has 126 valence electrons. The number of methoxy groups -OCH3 is 1. The van der Waals surface area contributed by atoms with E-state index in [9.17, 15) is 4.79 Å². The molecule has 2 aromatic rings. The molecule has 6 heteroatoms. The van der Waals surface area contributed by atoms with Crippen LogP contribution in [0.1, 0.15) is 33.8 Å². The molecular weight excluding hydrogens is 304 g/mol. The van der Waals surface area contributed by atoms with Crippen LogP contribution in [0.3, 0.4) is 0 Å². The molecule has 0 saturated carbocycles. The lowest BCUT2D eigenvalue weighted by molar-refractivity contribution is 0.186. The van der Waals surface area contributed by atoms with Crippen molar-refractivity contribution in [3.05, 3.63) is 56.3 Å². The second kappa shape index (κ2) is 7.28. The van der Waals surface area contributed by atoms with Crippen molar-refractivity contribution >= 4 is 6.21 Å². The largest absolute Gasteiger partial charge is 0.383 e. The van der Waals surface area contributed by atoms with Crippen molar-refractivity contribution in [1.82, 2.24) is 9.24 Å². The average molecular weight is 326 g/mol. The Kier molecular flexibility index (Phi) is 5.37. The number of hydrogen-bond acceptors (Lipinski definition) is 4. The first-order valence-electron chi connectivity index (χ1n) is 7.74. The molecule has 6 nitrogen and oxygen atoms in total. The predicted molar refractivity (Wildman–Crippen MR) is 93.7 cm³/mol. The first-order chi connectivity index (χ1) is 11.4. The SMILES string of the molecule is COCCn1c(C)cc(C=Nn2c(C)cc(C)c(C#N)c2=O)c1C. The van der Waals surface area contributed by atoms with Gasteiger partial charge in [0.2, 0.25) is 0 Å². The average Bonchev–Trinajstić information content (AvgIpc) is 2.79. The van der Waals surface area contributed by atoms with E-state index in [1.54, 1.807) is 33.2 Å². The molecule has 0 fully saturated rings. The quantitative estimate of drug-likeness (QED) is 0.791. The van der Waals surface area contributed by atoms with Gasteiger partial charge in [-0.15, -0.1) is 0 Å². The first-order valence-corrected chi connectivity index (χ1v) is 7.74. The number of hydrogen-bond donors (Lipinski definition) is 0. The Balaban J connectivity index is 2.43. The van der Waals surface area contributed by atoms with Crippen LogP contribution >= 0.6 is 0 Å². The van der Waals surface area contributed by atoms with Gasteiger partial charge in [0.15, 0.2) is 0 Å². The van der Waals surface area contributed by atoms with Crippen molar-refractivity contribution in [3.63, 3.8) is 0 Å². The molecule has 0 atom stereocenters. The van der Waals surface area contributed by atoms with Crippen molar-refractivity contribution in [2.75, 3.05) is 13.7 Å². The van der Waals surface area contributed by atoms with E-state index < -0.39 is 0 Å². The number of rotatable bonds is 5. The standard InChI is InChI=1S/C18H22N4O2/c1-12-8-14(3)22(18(23)17(12)10-19)20-11-16-9-13(2)21(15(16)4)6-7-24-5/h8-9,11H,6-7H2,1-5H3. The summed E-state index contributed by atoms with van der Waals surface area (Å²) in [5, 5.41) is 13.4. The van der Waals surface area contributed by atoms with Crippen molar-refractivity contribution in [3.8, 4) is 6.07 Å². The highest BCUT2D eigenvalue weighted by atomic mass is 16.5. The summed E-state index contributed by atoms with van der Waals surface area (Å²) in [7, 11) is 1.68. The zero-order valence-corrected chi connectivity index (χ0v) is 14.8. The van der Waals surface area contributed by atoms with E-state index in [-0.39, 0.29) is 11.1 Å². The zero-order chi connectivity index (χ0) is 17.9. The van der Waals surface area contributed by atoms with Crippen LogP contribution in [-0.2, 0) is 11.3 Å². The molecule has 0 radical (unpaired) electrons. The molecule has 0 saturated heterocycles. The van der Waals surface area contributed by atoms with E-state index in [4.69, 9.17) is 10.00 Å². The molecule has 0 spiro atoms. The van der Waals surface area contributed by atoms with E-state index >= 15 is 0 Å². The lowest BCUT2D eigenvalue weighted by atomic mass is 10.1. The summed E-state index contributed by atoms with van der Waals surface area (Å²) in [4.78, 5) is 12.4. The summed E-state index contributed by atoms with van der Waals surface area (Å²) >= 11 is 0. The predicted octanol–water partition coefficient (Wildman–Crippen LogP) is 2.28. The molecule has 0 aliphatic rings. The maximum absolute atomic E-state index is 12.4. The van der Waals surface area contributed by atoms with Gasteiger partial charge in [-0.3, -0.25) is 4.79 Å². The summed E-state index contributed by atoms with van der Waals surface area (Å²) < 4.78 is 8.55. The minimum Gasteiger partial charge on any atom is -0.383 e. The molecule has 0 bridgehead atoms. The number of ether oxygens (including phenoxy) is 1. The summed E-state index contributed by atoms with van der Waals surface area (Å²) in [6.07, 6.45) is 1.66. The van der Waals surface area contributed by atoms with Crippen LogP contribution in [0.25, 0.3) is 0 Å². The highest BCUT2D eigenvalue weighted by Crippen LogP contribution is 2.13. The van der Waals surface area contributed by atoms with Gasteiger partial charge in [-0.1, -0.05) is 0 Å². The molecule has 0 amide bonds. The van der Waals surface area contributed by atoms with Gasteiger partial charge in [-0.2, -0.15) is 10.4 Å². The lowest BCUT2D eigenvalue weighted by Crippen LogP contribution is -2.22. The molecule has 2 heterocycles. The molecule has 0 aromatic carbocycles. The summed E-state index contributed by atoms with van der Waals surface area (Å²) in [6, 6.07) is 5.76. The number of aryl methyl sites for hydroxylation is 3. The number of nitriles is 1. The fourth-order valence-corrected chi connectivity index (χ4v) is 2.77. The molecule has 0 aliphatic carbocycles. The van der Waals surface area contributed by atoms with Crippen LogP contribution in [-0.4, -0.2) is 29.2 Å². The van der Waals surface area contributed by atoms with E-state index in [2.05, 4.69) is 9.67 Å². The van der Waals surface area contributed by atoms with E-state index in [1.165, 1.54) is 4.68 Å². The van der Waals surface area contributed by atoms with Gasteiger partial charge in [0.1, 0.15) is 11.6 Å². The topological polar surface area (TPSA) is 72.3 Å². The van der Waals surface area contributed by atoms with Crippen LogP contribution in [0.15, 0.2) is 22.0 Å². The van der Waals surface area contributed by atoms with Gasteiger partial charge in [0, 0.05) is 36.3 Å². The molecule has 2 aromatic heterocycles.